The van der Waals surface area contributed by atoms with Crippen LogP contribution in [0, 0.1) is 12.8 Å². The van der Waals surface area contributed by atoms with Gasteiger partial charge in [0.1, 0.15) is 0 Å². The van der Waals surface area contributed by atoms with Crippen LogP contribution in [0.25, 0.3) is 10.9 Å². The molecule has 0 aliphatic heterocycles. The minimum atomic E-state index is -0.517. The van der Waals surface area contributed by atoms with Gasteiger partial charge < -0.3 is 20.3 Å². The van der Waals surface area contributed by atoms with Crippen LogP contribution in [0.3, 0.4) is 0 Å². The average Bonchev–Trinajstić information content (AvgIpc) is 3.69. The molecule has 172 valence electrons. The molecule has 5 rings (SSSR count). The number of aryl methyl sites for hydroxylation is 2. The first-order valence-electron chi connectivity index (χ1n) is 11.3. The Morgan fingerprint density at radius 1 is 1.09 bits per heavy atom. The van der Waals surface area contributed by atoms with Crippen molar-refractivity contribution in [3.05, 3.63) is 94.0 Å². The quantitative estimate of drug-likeness (QED) is 0.393. The number of fused-ring (bicyclic) bond motifs is 1. The van der Waals surface area contributed by atoms with Gasteiger partial charge in [0, 0.05) is 29.7 Å². The van der Waals surface area contributed by atoms with Crippen molar-refractivity contribution in [2.45, 2.75) is 25.9 Å². The van der Waals surface area contributed by atoms with E-state index in [1.807, 2.05) is 43.3 Å². The van der Waals surface area contributed by atoms with Crippen molar-refractivity contribution in [1.29, 1.82) is 0 Å². The zero-order valence-corrected chi connectivity index (χ0v) is 19.1. The molecule has 0 bridgehead atoms. The molecule has 1 saturated carbocycles. The van der Waals surface area contributed by atoms with Crippen LogP contribution in [0.5, 0.6) is 0 Å². The molecule has 0 radical (unpaired) electrons. The Bertz CT molecular complexity index is 1460. The third-order valence-corrected chi connectivity index (χ3v) is 6.25. The maximum Gasteiger partial charge on any atom is 0.260 e. The largest absolute Gasteiger partial charge is 0.388 e. The SMILES string of the molecule is Cc1ccc(NC(=O)c2cccc(C(O)C3CC3)c2)cc1Nc1ccc2ncn(C)c(=O)c2c1. The predicted octanol–water partition coefficient (Wildman–Crippen LogP) is 4.68. The van der Waals surface area contributed by atoms with Gasteiger partial charge in [-0.15, -0.1) is 0 Å². The Morgan fingerprint density at radius 2 is 1.88 bits per heavy atom. The van der Waals surface area contributed by atoms with Gasteiger partial charge in [-0.2, -0.15) is 0 Å². The molecule has 34 heavy (non-hydrogen) atoms. The highest BCUT2D eigenvalue weighted by molar-refractivity contribution is 6.04. The molecule has 0 spiro atoms. The molecule has 1 amide bonds. The van der Waals surface area contributed by atoms with Crippen LogP contribution in [-0.4, -0.2) is 20.6 Å². The topological polar surface area (TPSA) is 96.2 Å². The standard InChI is InChI=1S/C27H26N4O3/c1-16-6-9-21(30-26(33)19-5-3-4-18(12-19)25(32)17-7-8-17)14-24(16)29-20-10-11-23-22(13-20)27(34)31(2)15-28-23/h3-6,9-15,17,25,29,32H,7-8H2,1-2H3,(H,30,33). The van der Waals surface area contributed by atoms with Crippen molar-refractivity contribution in [2.24, 2.45) is 13.0 Å². The Morgan fingerprint density at radius 3 is 2.68 bits per heavy atom. The fourth-order valence-electron chi connectivity index (χ4n) is 4.03. The zero-order chi connectivity index (χ0) is 23.8. The normalized spacial score (nSPS) is 14.1. The number of aliphatic hydroxyl groups excluding tert-OH is 1. The molecule has 1 aliphatic carbocycles. The van der Waals surface area contributed by atoms with Crippen molar-refractivity contribution in [3.63, 3.8) is 0 Å². The third kappa shape index (κ3) is 4.43. The third-order valence-electron chi connectivity index (χ3n) is 6.25. The molecule has 7 heteroatoms. The number of hydrogen-bond acceptors (Lipinski definition) is 5. The number of aromatic nitrogens is 2. The van der Waals surface area contributed by atoms with Crippen LogP contribution in [0.2, 0.25) is 0 Å². The van der Waals surface area contributed by atoms with E-state index in [0.717, 1.165) is 35.3 Å². The van der Waals surface area contributed by atoms with Crippen LogP contribution < -0.4 is 16.2 Å². The summed E-state index contributed by atoms with van der Waals surface area (Å²) >= 11 is 0. The number of carbonyl (C=O) groups is 1. The lowest BCUT2D eigenvalue weighted by Gasteiger charge is -2.14. The monoisotopic (exact) mass is 454 g/mol. The summed E-state index contributed by atoms with van der Waals surface area (Å²) in [5.74, 6) is 0.0649. The summed E-state index contributed by atoms with van der Waals surface area (Å²) in [4.78, 5) is 29.6. The molecule has 1 atom stereocenters. The molecular weight excluding hydrogens is 428 g/mol. The van der Waals surface area contributed by atoms with E-state index in [9.17, 15) is 14.7 Å². The van der Waals surface area contributed by atoms with Gasteiger partial charge in [0.15, 0.2) is 0 Å². The lowest BCUT2D eigenvalue weighted by atomic mass is 10.0. The number of nitrogens with one attached hydrogen (secondary N) is 2. The lowest BCUT2D eigenvalue weighted by molar-refractivity contribution is 0.102. The first kappa shape index (κ1) is 21.9. The van der Waals surface area contributed by atoms with E-state index >= 15 is 0 Å². The van der Waals surface area contributed by atoms with E-state index in [0.29, 0.717) is 28.1 Å². The fraction of sp³-hybridized carbons (Fsp3) is 0.222. The summed E-state index contributed by atoms with van der Waals surface area (Å²) in [7, 11) is 1.67. The number of hydrogen-bond donors (Lipinski definition) is 3. The van der Waals surface area contributed by atoms with Crippen molar-refractivity contribution in [2.75, 3.05) is 10.6 Å². The number of nitrogens with zero attached hydrogens (tertiary/aromatic N) is 2. The van der Waals surface area contributed by atoms with Gasteiger partial charge >= 0.3 is 0 Å². The lowest BCUT2D eigenvalue weighted by Crippen LogP contribution is -2.16. The van der Waals surface area contributed by atoms with Gasteiger partial charge in [0.05, 0.1) is 23.3 Å². The van der Waals surface area contributed by atoms with Crippen molar-refractivity contribution < 1.29 is 9.90 Å². The predicted molar refractivity (Wildman–Crippen MR) is 134 cm³/mol. The maximum absolute atomic E-state index is 12.9. The van der Waals surface area contributed by atoms with Gasteiger partial charge in [-0.1, -0.05) is 18.2 Å². The number of carbonyl (C=O) groups excluding carboxylic acids is 1. The van der Waals surface area contributed by atoms with Crippen LogP contribution in [0.4, 0.5) is 17.1 Å². The first-order valence-corrected chi connectivity index (χ1v) is 11.3. The van der Waals surface area contributed by atoms with Gasteiger partial charge in [0.25, 0.3) is 11.5 Å². The molecule has 1 aliphatic rings. The molecule has 7 nitrogen and oxygen atoms in total. The summed E-state index contributed by atoms with van der Waals surface area (Å²) in [5.41, 5.74) is 5.02. The van der Waals surface area contributed by atoms with Gasteiger partial charge in [-0.05, 0) is 79.3 Å². The first-order chi connectivity index (χ1) is 16.4. The second-order valence-corrected chi connectivity index (χ2v) is 8.91. The highest BCUT2D eigenvalue weighted by Gasteiger charge is 2.31. The number of rotatable bonds is 6. The molecule has 3 aromatic carbocycles. The second-order valence-electron chi connectivity index (χ2n) is 8.91. The minimum absolute atomic E-state index is 0.111. The van der Waals surface area contributed by atoms with Gasteiger partial charge in [-0.3, -0.25) is 9.59 Å². The minimum Gasteiger partial charge on any atom is -0.388 e. The van der Waals surface area contributed by atoms with E-state index < -0.39 is 6.10 Å². The highest BCUT2D eigenvalue weighted by Crippen LogP contribution is 2.41. The molecule has 3 N–H and O–H groups in total. The number of aliphatic hydroxyl groups is 1. The van der Waals surface area contributed by atoms with Crippen molar-refractivity contribution in [3.8, 4) is 0 Å². The van der Waals surface area contributed by atoms with Crippen LogP contribution in [-0.2, 0) is 7.05 Å². The molecule has 0 saturated heterocycles. The average molecular weight is 455 g/mol. The van der Waals surface area contributed by atoms with Crippen LogP contribution >= 0.6 is 0 Å². The Kier molecular flexibility index (Phi) is 5.63. The smallest absolute Gasteiger partial charge is 0.260 e. The van der Waals surface area contributed by atoms with E-state index in [4.69, 9.17) is 0 Å². The Balaban J connectivity index is 1.36. The van der Waals surface area contributed by atoms with Gasteiger partial charge in [0.2, 0.25) is 0 Å². The fourth-order valence-corrected chi connectivity index (χ4v) is 4.03. The summed E-state index contributed by atoms with van der Waals surface area (Å²) < 4.78 is 1.45. The maximum atomic E-state index is 12.9. The van der Waals surface area contributed by atoms with E-state index in [1.165, 1.54) is 10.9 Å². The van der Waals surface area contributed by atoms with E-state index in [2.05, 4.69) is 15.6 Å². The van der Waals surface area contributed by atoms with Crippen LogP contribution in [0.15, 0.2) is 71.8 Å². The van der Waals surface area contributed by atoms with Gasteiger partial charge in [-0.25, -0.2) is 4.98 Å². The second kappa shape index (κ2) is 8.76. The Hall–Kier alpha value is -3.97. The molecular formula is C27H26N4O3. The Labute approximate surface area is 197 Å². The van der Waals surface area contributed by atoms with E-state index in [1.54, 1.807) is 31.3 Å². The van der Waals surface area contributed by atoms with Crippen LogP contribution in [0.1, 0.15) is 40.4 Å². The number of anilines is 3. The molecule has 4 aromatic rings. The van der Waals surface area contributed by atoms with Crippen molar-refractivity contribution in [1.82, 2.24) is 9.55 Å². The van der Waals surface area contributed by atoms with E-state index in [-0.39, 0.29) is 11.5 Å². The summed E-state index contributed by atoms with van der Waals surface area (Å²) in [6.45, 7) is 1.97. The molecule has 1 unspecified atom stereocenters. The summed E-state index contributed by atoms with van der Waals surface area (Å²) in [5, 5.41) is 17.2. The highest BCUT2D eigenvalue weighted by atomic mass is 16.3. The number of amides is 1. The number of benzene rings is 3. The summed E-state index contributed by atoms with van der Waals surface area (Å²) in [6.07, 6.45) is 3.05. The zero-order valence-electron chi connectivity index (χ0n) is 19.1. The molecule has 1 heterocycles. The summed E-state index contributed by atoms with van der Waals surface area (Å²) in [6, 6.07) is 18.3. The molecule has 1 fully saturated rings. The molecule has 1 aromatic heterocycles. The van der Waals surface area contributed by atoms with Crippen molar-refractivity contribution >= 4 is 33.9 Å².